The van der Waals surface area contributed by atoms with Crippen molar-refractivity contribution < 1.29 is 76.9 Å². The Balaban J connectivity index is 1.54. The number of rotatable bonds is 24. The number of hydrogen-bond acceptors (Lipinski definition) is 16. The molecule has 17 heteroatoms. The normalized spacial score (nSPS) is 27.8. The standard InChI is InChI=1S/C64H87NO16/c1-13-15-16-17-18-19-20-21-22-23-24-25-26-27-28-29-33-36-50(69)78-52(45(37-41(3)4)65-59(73)81-60(7,8)9)58(72)76-46-39-64(74)56(79-57(71)44-34-31-30-32-35-44)54-62(12,47(67)38-48-63(54,40-75-48)80-43(6)66)55(70)53(77-49(68)14-2)51(42(46)5)61(64,10)11/h15-16,18-19,21-22,24-25,27-28,30-32,34-35,37,45-48,52-54,56,67,74H,13-14,17,20,23,26,29,33,36,38-40H2,1-12H3,(H,65,73)/b16-15-,19-18-,22-21-,25-24-,28-27-/t45-,46-,47-,48+,52+,53+,54?,56-,62+,63-,64+/m0/s1. The minimum atomic E-state index is -2.45. The number of amides is 1. The molecular formula is C64H87NO16. The van der Waals surface area contributed by atoms with Crippen LogP contribution in [0.5, 0.6) is 0 Å². The maximum absolute atomic E-state index is 15.9. The molecule has 1 aromatic rings. The first-order valence-corrected chi connectivity index (χ1v) is 28.4. The first kappa shape index (κ1) is 65.4. The molecule has 1 aliphatic heterocycles. The van der Waals surface area contributed by atoms with E-state index in [1.807, 2.05) is 12.2 Å². The van der Waals surface area contributed by atoms with Crippen LogP contribution in [-0.2, 0) is 57.1 Å². The van der Waals surface area contributed by atoms with Gasteiger partial charge in [0.2, 0.25) is 6.10 Å². The van der Waals surface area contributed by atoms with Gasteiger partial charge < -0.3 is 48.7 Å². The van der Waals surface area contributed by atoms with E-state index in [2.05, 4.69) is 60.8 Å². The molecule has 1 heterocycles. The van der Waals surface area contributed by atoms with Crippen LogP contribution in [0.1, 0.15) is 164 Å². The zero-order chi connectivity index (χ0) is 59.9. The molecule has 11 atom stereocenters. The van der Waals surface area contributed by atoms with Crippen LogP contribution in [0.15, 0.2) is 114 Å². The lowest BCUT2D eigenvalue weighted by molar-refractivity contribution is -0.346. The van der Waals surface area contributed by atoms with Gasteiger partial charge >= 0.3 is 35.9 Å². The van der Waals surface area contributed by atoms with Gasteiger partial charge in [-0.1, -0.05) is 118 Å². The first-order chi connectivity index (χ1) is 38.2. The highest BCUT2D eigenvalue weighted by Gasteiger charge is 2.78. The third kappa shape index (κ3) is 15.8. The molecule has 81 heavy (non-hydrogen) atoms. The van der Waals surface area contributed by atoms with Gasteiger partial charge in [0.15, 0.2) is 17.5 Å². The zero-order valence-corrected chi connectivity index (χ0v) is 49.5. The monoisotopic (exact) mass is 1130 g/mol. The number of allylic oxidation sites excluding steroid dienone is 11. The largest absolute Gasteiger partial charge is 0.455 e. The molecule has 2 bridgehead atoms. The Labute approximate surface area is 478 Å². The van der Waals surface area contributed by atoms with Gasteiger partial charge in [-0.15, -0.1) is 0 Å². The fraction of sp³-hybridized carbons (Fsp3) is 0.578. The molecule has 3 aliphatic carbocycles. The van der Waals surface area contributed by atoms with Crippen molar-refractivity contribution >= 4 is 41.7 Å². The summed E-state index contributed by atoms with van der Waals surface area (Å²) >= 11 is 0. The molecule has 3 fully saturated rings. The molecule has 1 saturated heterocycles. The summed E-state index contributed by atoms with van der Waals surface area (Å²) in [6.07, 6.45) is 15.7. The quantitative estimate of drug-likeness (QED) is 0.0378. The molecule has 1 amide bonds. The average Bonchev–Trinajstić information content (AvgIpc) is 2.93. The van der Waals surface area contributed by atoms with E-state index in [4.69, 9.17) is 33.2 Å². The number of nitrogens with one attached hydrogen (secondary N) is 1. The molecule has 17 nitrogen and oxygen atoms in total. The molecule has 0 radical (unpaired) electrons. The fourth-order valence-electron chi connectivity index (χ4n) is 11.5. The van der Waals surface area contributed by atoms with Crippen LogP contribution in [-0.4, -0.2) is 118 Å². The highest BCUT2D eigenvalue weighted by molar-refractivity contribution is 5.96. The molecule has 3 N–H and O–H groups in total. The van der Waals surface area contributed by atoms with Crippen molar-refractivity contribution in [3.63, 3.8) is 0 Å². The minimum Gasteiger partial charge on any atom is -0.455 e. The van der Waals surface area contributed by atoms with Crippen molar-refractivity contribution in [1.82, 2.24) is 5.32 Å². The van der Waals surface area contributed by atoms with Gasteiger partial charge in [-0.25, -0.2) is 14.4 Å². The SMILES string of the molecule is CC/C=C\C/C=C\C/C=C\C/C=C\C/C=C\CCCC(=O)O[C@@H](C(=O)O[C@H]1C[C@@]2(O)[C@@H](OC(=O)c3ccccc3)C3[C@](C)(C(=O)[C@H](OC(=O)CC)C(=C1C)C2(C)C)[C@@H](O)C[C@H]1OC[C@@]31OC(C)=O)[C@H](C=C(C)C)NC(=O)OC(C)(C)C. The van der Waals surface area contributed by atoms with Crippen molar-refractivity contribution in [1.29, 1.82) is 0 Å². The maximum Gasteiger partial charge on any atom is 0.408 e. The van der Waals surface area contributed by atoms with E-state index in [-0.39, 0.29) is 42.6 Å². The molecule has 0 aromatic heterocycles. The number of alkyl carbamates (subject to hydrolysis) is 1. The summed E-state index contributed by atoms with van der Waals surface area (Å²) in [5, 5.41) is 29.0. The lowest BCUT2D eigenvalue weighted by Gasteiger charge is -2.67. The van der Waals surface area contributed by atoms with Gasteiger partial charge in [0.25, 0.3) is 0 Å². The number of carbonyl (C=O) groups excluding carboxylic acids is 7. The number of carbonyl (C=O) groups is 7. The Morgan fingerprint density at radius 1 is 0.827 bits per heavy atom. The Kier molecular flexibility index (Phi) is 23.0. The summed E-state index contributed by atoms with van der Waals surface area (Å²) in [5.74, 6) is -7.00. The summed E-state index contributed by atoms with van der Waals surface area (Å²) in [5.41, 5.74) is -8.24. The van der Waals surface area contributed by atoms with E-state index < -0.39 is 124 Å². The Hall–Kier alpha value is -6.43. The second kappa shape index (κ2) is 28.5. The Morgan fingerprint density at radius 2 is 1.42 bits per heavy atom. The summed E-state index contributed by atoms with van der Waals surface area (Å²) in [6.45, 7) is 18.9. The second-order valence-corrected chi connectivity index (χ2v) is 23.3. The average molecular weight is 1130 g/mol. The number of Topliss-reactive ketones (excluding diaryl/α,β-unsaturated/α-hetero) is 1. The van der Waals surface area contributed by atoms with Crippen LogP contribution < -0.4 is 5.32 Å². The third-order valence-electron chi connectivity index (χ3n) is 15.6. The van der Waals surface area contributed by atoms with Crippen LogP contribution in [0.4, 0.5) is 4.79 Å². The number of ether oxygens (including phenoxy) is 7. The topological polar surface area (TPSA) is 237 Å². The van der Waals surface area contributed by atoms with Crippen molar-refractivity contribution in [3.05, 3.63) is 119 Å². The number of esters is 5. The van der Waals surface area contributed by atoms with E-state index in [0.29, 0.717) is 24.8 Å². The first-order valence-electron chi connectivity index (χ1n) is 28.4. The van der Waals surface area contributed by atoms with Gasteiger partial charge in [0.1, 0.15) is 29.5 Å². The van der Waals surface area contributed by atoms with E-state index >= 15 is 9.59 Å². The minimum absolute atomic E-state index is 0.0154. The smallest absolute Gasteiger partial charge is 0.408 e. The van der Waals surface area contributed by atoms with Crippen molar-refractivity contribution in [3.8, 4) is 0 Å². The van der Waals surface area contributed by atoms with Gasteiger partial charge in [-0.05, 0) is 117 Å². The lowest BCUT2D eigenvalue weighted by Crippen LogP contribution is -2.82. The lowest BCUT2D eigenvalue weighted by atomic mass is 9.44. The summed E-state index contributed by atoms with van der Waals surface area (Å²) < 4.78 is 42.7. The number of unbranched alkanes of at least 4 members (excludes halogenated alkanes) is 1. The number of fused-ring (bicyclic) bond motifs is 5. The van der Waals surface area contributed by atoms with Crippen LogP contribution in [0.2, 0.25) is 0 Å². The molecule has 2 saturated carbocycles. The van der Waals surface area contributed by atoms with Crippen LogP contribution >= 0.6 is 0 Å². The Morgan fingerprint density at radius 3 is 1.95 bits per heavy atom. The Bertz CT molecular complexity index is 2630. The van der Waals surface area contributed by atoms with Gasteiger partial charge in [-0.3, -0.25) is 19.2 Å². The predicted molar refractivity (Wildman–Crippen MR) is 304 cm³/mol. The predicted octanol–water partition coefficient (Wildman–Crippen LogP) is 10.3. The van der Waals surface area contributed by atoms with Crippen LogP contribution in [0, 0.1) is 16.7 Å². The highest BCUT2D eigenvalue weighted by Crippen LogP contribution is 2.64. The van der Waals surface area contributed by atoms with Crippen molar-refractivity contribution in [2.75, 3.05) is 6.61 Å². The molecule has 5 rings (SSSR count). The van der Waals surface area contributed by atoms with Gasteiger partial charge in [-0.2, -0.15) is 0 Å². The number of benzene rings is 1. The fourth-order valence-corrected chi connectivity index (χ4v) is 11.5. The number of aliphatic hydroxyl groups is 2. The molecule has 1 aromatic carbocycles. The second-order valence-electron chi connectivity index (χ2n) is 23.3. The number of hydrogen-bond donors (Lipinski definition) is 3. The van der Waals surface area contributed by atoms with Gasteiger partial charge in [0.05, 0.1) is 35.6 Å². The van der Waals surface area contributed by atoms with E-state index in [1.54, 1.807) is 66.7 Å². The summed E-state index contributed by atoms with van der Waals surface area (Å²) in [6, 6.07) is 6.48. The van der Waals surface area contributed by atoms with Crippen molar-refractivity contribution in [2.24, 2.45) is 16.7 Å². The maximum atomic E-state index is 15.9. The third-order valence-corrected chi connectivity index (χ3v) is 15.6. The number of aliphatic hydroxyl groups excluding tert-OH is 1. The van der Waals surface area contributed by atoms with E-state index in [1.165, 1.54) is 39.0 Å². The van der Waals surface area contributed by atoms with E-state index in [9.17, 15) is 34.2 Å². The summed E-state index contributed by atoms with van der Waals surface area (Å²) in [4.78, 5) is 99.8. The molecule has 4 aliphatic rings. The van der Waals surface area contributed by atoms with Crippen LogP contribution in [0.3, 0.4) is 0 Å². The zero-order valence-electron chi connectivity index (χ0n) is 49.5. The highest BCUT2D eigenvalue weighted by atomic mass is 16.6. The summed E-state index contributed by atoms with van der Waals surface area (Å²) in [7, 11) is 0. The number of ketones is 1. The van der Waals surface area contributed by atoms with Gasteiger partial charge in [0, 0.05) is 38.0 Å². The molecule has 444 valence electrons. The molecule has 0 spiro atoms. The van der Waals surface area contributed by atoms with Crippen LogP contribution in [0.25, 0.3) is 0 Å². The molecule has 1 unspecified atom stereocenters. The molecular weight excluding hydrogens is 1040 g/mol. The van der Waals surface area contributed by atoms with Crippen molar-refractivity contribution in [2.45, 2.75) is 213 Å². The van der Waals surface area contributed by atoms with E-state index in [0.717, 1.165) is 32.6 Å².